The summed E-state index contributed by atoms with van der Waals surface area (Å²) in [5, 5.41) is 2.77. The lowest BCUT2D eigenvalue weighted by molar-refractivity contribution is -0.146. The summed E-state index contributed by atoms with van der Waals surface area (Å²) < 4.78 is 14.0. The summed E-state index contributed by atoms with van der Waals surface area (Å²) in [6, 6.07) is 0. The molecule has 0 saturated heterocycles. The van der Waals surface area contributed by atoms with E-state index in [1.54, 1.807) is 13.8 Å². The number of ether oxygens (including phenoxy) is 3. The second-order valence-electron chi connectivity index (χ2n) is 3.63. The van der Waals surface area contributed by atoms with E-state index in [1.165, 1.54) is 13.3 Å². The van der Waals surface area contributed by atoms with Gasteiger partial charge in [-0.15, -0.1) is 0 Å². The van der Waals surface area contributed by atoms with Crippen LogP contribution in [0.5, 0.6) is 0 Å². The first-order valence-corrected chi connectivity index (χ1v) is 6.41. The summed E-state index contributed by atoms with van der Waals surface area (Å²) in [5.41, 5.74) is -0.202. The van der Waals surface area contributed by atoms with E-state index in [0.29, 0.717) is 13.0 Å². The molecule has 20 heavy (non-hydrogen) atoms. The maximum Gasteiger partial charge on any atom is 0.347 e. The molecule has 0 bridgehead atoms. The molecule has 1 N–H and O–H groups in total. The largest absolute Gasteiger partial charge is 0.469 e. The zero-order valence-electron chi connectivity index (χ0n) is 12.1. The normalized spacial score (nSPS) is 9.35. The number of rotatable bonds is 9. The minimum absolute atomic E-state index is 0.165. The summed E-state index contributed by atoms with van der Waals surface area (Å²) in [6.45, 7) is 4.03. The van der Waals surface area contributed by atoms with E-state index < -0.39 is 11.9 Å². The third-order valence-electron chi connectivity index (χ3n) is 2.17. The van der Waals surface area contributed by atoms with E-state index >= 15 is 0 Å². The second-order valence-corrected chi connectivity index (χ2v) is 3.63. The van der Waals surface area contributed by atoms with Gasteiger partial charge in [-0.25, -0.2) is 9.59 Å². The third kappa shape index (κ3) is 7.40. The van der Waals surface area contributed by atoms with Gasteiger partial charge in [-0.05, 0) is 20.3 Å². The Kier molecular flexibility index (Phi) is 9.72. The quantitative estimate of drug-likeness (QED) is 0.165. The Balaban J connectivity index is 4.38. The molecule has 0 saturated carbocycles. The Morgan fingerprint density at radius 2 is 1.60 bits per heavy atom. The molecular weight excluding hydrogens is 266 g/mol. The molecule has 0 aliphatic carbocycles. The molecule has 0 fully saturated rings. The molecule has 0 atom stereocenters. The molecule has 0 unspecified atom stereocenters. The SMILES string of the molecule is CCOC(=O)C(=CNCCCC(=O)OC)C(=O)OCC. The smallest absolute Gasteiger partial charge is 0.347 e. The lowest BCUT2D eigenvalue weighted by Crippen LogP contribution is -2.22. The number of methoxy groups -OCH3 is 1. The molecule has 0 heterocycles. The van der Waals surface area contributed by atoms with Gasteiger partial charge in [0.05, 0.1) is 20.3 Å². The fourth-order valence-corrected chi connectivity index (χ4v) is 1.23. The van der Waals surface area contributed by atoms with Crippen molar-refractivity contribution in [3.05, 3.63) is 11.8 Å². The Bertz CT molecular complexity index is 344. The molecule has 0 spiro atoms. The van der Waals surface area contributed by atoms with E-state index in [9.17, 15) is 14.4 Å². The van der Waals surface area contributed by atoms with Crippen LogP contribution in [0.15, 0.2) is 11.8 Å². The number of esters is 3. The van der Waals surface area contributed by atoms with Crippen LogP contribution in [0.3, 0.4) is 0 Å². The van der Waals surface area contributed by atoms with Crippen molar-refractivity contribution in [1.82, 2.24) is 5.32 Å². The van der Waals surface area contributed by atoms with Crippen LogP contribution in [-0.2, 0) is 28.6 Å². The first-order chi connectivity index (χ1) is 9.56. The van der Waals surface area contributed by atoms with E-state index in [0.717, 1.165) is 0 Å². The second kappa shape index (κ2) is 10.8. The predicted molar refractivity (Wildman–Crippen MR) is 70.6 cm³/mol. The number of carbonyl (C=O) groups excluding carboxylic acids is 3. The molecule has 0 aromatic heterocycles. The average molecular weight is 287 g/mol. The monoisotopic (exact) mass is 287 g/mol. The zero-order chi connectivity index (χ0) is 15.4. The molecule has 0 aliphatic heterocycles. The lowest BCUT2D eigenvalue weighted by Gasteiger charge is -2.07. The highest BCUT2D eigenvalue weighted by Crippen LogP contribution is 2.01. The van der Waals surface area contributed by atoms with E-state index in [4.69, 9.17) is 9.47 Å². The summed E-state index contributed by atoms with van der Waals surface area (Å²) in [6.07, 6.45) is 2.01. The first kappa shape index (κ1) is 17.9. The molecule has 0 aromatic carbocycles. The summed E-state index contributed by atoms with van der Waals surface area (Å²) in [4.78, 5) is 34.0. The first-order valence-electron chi connectivity index (χ1n) is 6.41. The zero-order valence-corrected chi connectivity index (χ0v) is 12.1. The summed E-state index contributed by atoms with van der Waals surface area (Å²) in [7, 11) is 1.31. The molecule has 0 rings (SSSR count). The number of hydrogen-bond donors (Lipinski definition) is 1. The van der Waals surface area contributed by atoms with Crippen molar-refractivity contribution in [3.8, 4) is 0 Å². The van der Waals surface area contributed by atoms with Crippen molar-refractivity contribution in [2.75, 3.05) is 26.9 Å². The molecule has 0 aromatic rings. The lowest BCUT2D eigenvalue weighted by atomic mass is 10.3. The van der Waals surface area contributed by atoms with Gasteiger partial charge in [0.25, 0.3) is 0 Å². The minimum Gasteiger partial charge on any atom is -0.469 e. The molecule has 0 aliphatic rings. The van der Waals surface area contributed by atoms with Crippen molar-refractivity contribution >= 4 is 17.9 Å². The summed E-state index contributed by atoms with van der Waals surface area (Å²) in [5.74, 6) is -1.80. The van der Waals surface area contributed by atoms with Crippen molar-refractivity contribution < 1.29 is 28.6 Å². The van der Waals surface area contributed by atoms with Crippen molar-refractivity contribution in [1.29, 1.82) is 0 Å². The van der Waals surface area contributed by atoms with Gasteiger partial charge in [-0.2, -0.15) is 0 Å². The maximum absolute atomic E-state index is 11.6. The van der Waals surface area contributed by atoms with Crippen LogP contribution in [0, 0.1) is 0 Å². The Morgan fingerprint density at radius 1 is 1.05 bits per heavy atom. The Labute approximate surface area is 118 Å². The van der Waals surface area contributed by atoms with Crippen LogP contribution in [0.1, 0.15) is 26.7 Å². The Hall–Kier alpha value is -2.05. The van der Waals surface area contributed by atoms with E-state index in [1.807, 2.05) is 0 Å². The van der Waals surface area contributed by atoms with Crippen LogP contribution in [0.25, 0.3) is 0 Å². The van der Waals surface area contributed by atoms with Crippen LogP contribution in [0.4, 0.5) is 0 Å². The Morgan fingerprint density at radius 3 is 2.05 bits per heavy atom. The standard InChI is InChI=1S/C13H21NO6/c1-4-19-12(16)10(13(17)20-5-2)9-14-8-6-7-11(15)18-3/h9,14H,4-8H2,1-3H3. The highest BCUT2D eigenvalue weighted by molar-refractivity contribution is 6.13. The van der Waals surface area contributed by atoms with E-state index in [2.05, 4.69) is 10.1 Å². The molecule has 0 amide bonds. The van der Waals surface area contributed by atoms with Crippen LogP contribution in [-0.4, -0.2) is 44.8 Å². The number of carbonyl (C=O) groups is 3. The van der Waals surface area contributed by atoms with Gasteiger partial charge in [0, 0.05) is 19.2 Å². The molecule has 7 heteroatoms. The van der Waals surface area contributed by atoms with Gasteiger partial charge in [-0.3, -0.25) is 4.79 Å². The van der Waals surface area contributed by atoms with Crippen molar-refractivity contribution in [2.45, 2.75) is 26.7 Å². The van der Waals surface area contributed by atoms with Gasteiger partial charge < -0.3 is 19.5 Å². The molecular formula is C13H21NO6. The van der Waals surface area contributed by atoms with Crippen molar-refractivity contribution in [2.24, 2.45) is 0 Å². The topological polar surface area (TPSA) is 90.9 Å². The van der Waals surface area contributed by atoms with Gasteiger partial charge in [0.15, 0.2) is 5.57 Å². The van der Waals surface area contributed by atoms with Crippen LogP contribution in [0.2, 0.25) is 0 Å². The van der Waals surface area contributed by atoms with Gasteiger partial charge >= 0.3 is 17.9 Å². The minimum atomic E-state index is -0.744. The van der Waals surface area contributed by atoms with Gasteiger partial charge in [0.1, 0.15) is 0 Å². The fraction of sp³-hybridized carbons (Fsp3) is 0.615. The third-order valence-corrected chi connectivity index (χ3v) is 2.17. The highest BCUT2D eigenvalue weighted by Gasteiger charge is 2.20. The highest BCUT2D eigenvalue weighted by atomic mass is 16.6. The van der Waals surface area contributed by atoms with Gasteiger partial charge in [0.2, 0.25) is 0 Å². The molecule has 7 nitrogen and oxygen atoms in total. The maximum atomic E-state index is 11.6. The van der Waals surface area contributed by atoms with E-state index in [-0.39, 0.29) is 31.2 Å². The predicted octanol–water partition coefficient (Wildman–Crippen LogP) is 0.539. The van der Waals surface area contributed by atoms with Crippen molar-refractivity contribution in [3.63, 3.8) is 0 Å². The summed E-state index contributed by atoms with van der Waals surface area (Å²) >= 11 is 0. The fourth-order valence-electron chi connectivity index (χ4n) is 1.23. The number of hydrogen-bond acceptors (Lipinski definition) is 7. The van der Waals surface area contributed by atoms with Gasteiger partial charge in [-0.1, -0.05) is 0 Å². The van der Waals surface area contributed by atoms with Crippen LogP contribution >= 0.6 is 0 Å². The average Bonchev–Trinajstić information content (AvgIpc) is 2.42. The van der Waals surface area contributed by atoms with Crippen LogP contribution < -0.4 is 5.32 Å². The molecule has 0 radical (unpaired) electrons. The number of nitrogens with one attached hydrogen (secondary N) is 1. The molecule has 114 valence electrons.